The van der Waals surface area contributed by atoms with Crippen molar-refractivity contribution < 1.29 is 28.3 Å². The van der Waals surface area contributed by atoms with E-state index in [1.807, 2.05) is 0 Å². The van der Waals surface area contributed by atoms with E-state index in [4.69, 9.17) is 23.8 Å². The predicted octanol–water partition coefficient (Wildman–Crippen LogP) is -0.663. The summed E-state index contributed by atoms with van der Waals surface area (Å²) in [5.74, 6) is 0. The van der Waals surface area contributed by atoms with Crippen molar-refractivity contribution in [2.75, 3.05) is 7.11 Å². The molecular weight excluding hydrogens is 319 g/mol. The Labute approximate surface area is 124 Å². The first-order valence-corrected chi connectivity index (χ1v) is 8.03. The van der Waals surface area contributed by atoms with Crippen molar-refractivity contribution in [3.63, 3.8) is 0 Å². The summed E-state index contributed by atoms with van der Waals surface area (Å²) in [4.78, 5) is 43.1. The van der Waals surface area contributed by atoms with E-state index in [0.717, 1.165) is 10.6 Å². The van der Waals surface area contributed by atoms with Crippen molar-refractivity contribution in [2.45, 2.75) is 37.9 Å². The van der Waals surface area contributed by atoms with Gasteiger partial charge in [-0.05, 0) is 6.42 Å². The molecule has 1 fully saturated rings. The van der Waals surface area contributed by atoms with Crippen LogP contribution in [-0.2, 0) is 18.6 Å². The third-order valence-electron chi connectivity index (χ3n) is 3.34. The second-order valence-corrected chi connectivity index (χ2v) is 5.94. The Balaban J connectivity index is 2.38. The van der Waals surface area contributed by atoms with Crippen LogP contribution in [0.25, 0.3) is 0 Å². The number of nitrogens with one attached hydrogen (secondary N) is 1. The number of aromatic nitrogens is 2. The first-order chi connectivity index (χ1) is 10.3. The molecule has 0 aliphatic carbocycles. The number of methoxy groups -OCH3 is 1. The molecule has 22 heavy (non-hydrogen) atoms. The monoisotopic (exact) mass is 336 g/mol. The van der Waals surface area contributed by atoms with Gasteiger partial charge in [0.2, 0.25) is 0 Å². The first-order valence-electron chi connectivity index (χ1n) is 6.50. The number of phosphoric ester groups is 1. The highest BCUT2D eigenvalue weighted by Gasteiger charge is 2.48. The smallest absolute Gasteiger partial charge is 0.374 e. The Bertz CT molecular complexity index is 679. The first kappa shape index (κ1) is 17.1. The van der Waals surface area contributed by atoms with Crippen LogP contribution in [0.5, 0.6) is 0 Å². The van der Waals surface area contributed by atoms with E-state index in [9.17, 15) is 14.2 Å². The third-order valence-corrected chi connectivity index (χ3v) is 3.86. The van der Waals surface area contributed by atoms with Gasteiger partial charge in [-0.3, -0.25) is 18.9 Å². The van der Waals surface area contributed by atoms with Crippen LogP contribution in [0, 0.1) is 0 Å². The van der Waals surface area contributed by atoms with E-state index in [1.165, 1.54) is 13.3 Å². The maximum absolute atomic E-state index is 11.9. The second-order valence-electron chi connectivity index (χ2n) is 4.75. The maximum atomic E-state index is 11.9. The van der Waals surface area contributed by atoms with E-state index in [-0.39, 0.29) is 0 Å². The second kappa shape index (κ2) is 6.45. The average Bonchev–Trinajstić information content (AvgIpc) is 2.74. The summed E-state index contributed by atoms with van der Waals surface area (Å²) < 4.78 is 27.8. The highest BCUT2D eigenvalue weighted by Crippen LogP contribution is 2.44. The fourth-order valence-corrected chi connectivity index (χ4v) is 3.00. The van der Waals surface area contributed by atoms with E-state index >= 15 is 0 Å². The van der Waals surface area contributed by atoms with Crippen LogP contribution in [0.2, 0.25) is 0 Å². The molecule has 4 atom stereocenters. The lowest BCUT2D eigenvalue weighted by Crippen LogP contribution is -2.39. The van der Waals surface area contributed by atoms with Crippen LogP contribution in [0.3, 0.4) is 0 Å². The maximum Gasteiger partial charge on any atom is 0.470 e. The molecule has 1 aliphatic heterocycles. The minimum atomic E-state index is -4.76. The molecule has 124 valence electrons. The average molecular weight is 336 g/mol. The van der Waals surface area contributed by atoms with Crippen molar-refractivity contribution in [3.8, 4) is 0 Å². The molecule has 0 aromatic carbocycles. The normalized spacial score (nSPS) is 28.9. The minimum absolute atomic E-state index is 0.388. The van der Waals surface area contributed by atoms with Gasteiger partial charge in [0, 0.05) is 19.4 Å². The summed E-state index contributed by atoms with van der Waals surface area (Å²) in [7, 11) is -3.45. The van der Waals surface area contributed by atoms with Crippen molar-refractivity contribution in [1.29, 1.82) is 0 Å². The zero-order chi connectivity index (χ0) is 16.5. The van der Waals surface area contributed by atoms with Crippen LogP contribution in [0.4, 0.5) is 0 Å². The minimum Gasteiger partial charge on any atom is -0.374 e. The van der Waals surface area contributed by atoms with Gasteiger partial charge in [0.1, 0.15) is 12.2 Å². The van der Waals surface area contributed by atoms with Crippen molar-refractivity contribution in [3.05, 3.63) is 33.1 Å². The Morgan fingerprint density at radius 3 is 2.59 bits per heavy atom. The van der Waals surface area contributed by atoms with Gasteiger partial charge in [0.05, 0.1) is 6.10 Å². The summed E-state index contributed by atoms with van der Waals surface area (Å²) in [6, 6.07) is 1.13. The van der Waals surface area contributed by atoms with E-state index in [2.05, 4.69) is 4.98 Å². The Kier molecular flexibility index (Phi) is 5.00. The lowest BCUT2D eigenvalue weighted by Gasteiger charge is -2.23. The summed E-state index contributed by atoms with van der Waals surface area (Å²) in [6.45, 7) is 1.74. The standard InChI is InChI=1S/C11H17N2O8P/c1-3-6-8(21-22(16,17)18)9(19-2)10(20-6)13-5-4-7(14)12-11(13)15/h4-6,8-10H,3H2,1-2H3,(H,12,14,15)(H2,16,17,18)/t6-,8?,9?,10-/m1/s1. The van der Waals surface area contributed by atoms with Gasteiger partial charge in [-0.15, -0.1) is 0 Å². The summed E-state index contributed by atoms with van der Waals surface area (Å²) >= 11 is 0. The van der Waals surface area contributed by atoms with Gasteiger partial charge in [0.25, 0.3) is 5.56 Å². The SMILES string of the molecule is CC[C@H]1O[C@@H](n2ccc(=O)[nH]c2=O)C(OC)C1OP(=O)(O)O. The quantitative estimate of drug-likeness (QED) is 0.602. The van der Waals surface area contributed by atoms with Crippen molar-refractivity contribution in [2.24, 2.45) is 0 Å². The van der Waals surface area contributed by atoms with Crippen LogP contribution >= 0.6 is 7.82 Å². The number of hydrogen-bond donors (Lipinski definition) is 3. The zero-order valence-corrected chi connectivity index (χ0v) is 12.8. The molecule has 2 rings (SSSR count). The number of nitrogens with zero attached hydrogens (tertiary/aromatic N) is 1. The lowest BCUT2D eigenvalue weighted by atomic mass is 10.1. The fourth-order valence-electron chi connectivity index (χ4n) is 2.42. The van der Waals surface area contributed by atoms with Crippen molar-refractivity contribution >= 4 is 7.82 Å². The Morgan fingerprint density at radius 1 is 1.41 bits per heavy atom. The molecule has 0 amide bonds. The van der Waals surface area contributed by atoms with Crippen LogP contribution in [-0.4, -0.2) is 44.8 Å². The molecule has 3 N–H and O–H groups in total. The van der Waals surface area contributed by atoms with E-state index in [1.54, 1.807) is 6.92 Å². The van der Waals surface area contributed by atoms with Crippen LogP contribution in [0.15, 0.2) is 21.9 Å². The third kappa shape index (κ3) is 3.54. The molecule has 0 bridgehead atoms. The summed E-state index contributed by atoms with van der Waals surface area (Å²) in [5.41, 5.74) is -1.28. The largest absolute Gasteiger partial charge is 0.470 e. The highest BCUT2D eigenvalue weighted by atomic mass is 31.2. The van der Waals surface area contributed by atoms with Gasteiger partial charge in [-0.1, -0.05) is 6.92 Å². The van der Waals surface area contributed by atoms with Gasteiger partial charge >= 0.3 is 13.5 Å². The number of phosphoric acid groups is 1. The zero-order valence-electron chi connectivity index (χ0n) is 11.9. The molecule has 1 aromatic rings. The van der Waals surface area contributed by atoms with Gasteiger partial charge in [-0.2, -0.15) is 0 Å². The predicted molar refractivity (Wildman–Crippen MR) is 73.2 cm³/mol. The molecular formula is C11H17N2O8P. The van der Waals surface area contributed by atoms with E-state index < -0.39 is 43.6 Å². The van der Waals surface area contributed by atoms with Crippen molar-refractivity contribution in [1.82, 2.24) is 9.55 Å². The number of rotatable bonds is 5. The Morgan fingerprint density at radius 2 is 2.09 bits per heavy atom. The lowest BCUT2D eigenvalue weighted by molar-refractivity contribution is -0.0541. The molecule has 11 heteroatoms. The molecule has 1 aromatic heterocycles. The number of H-pyrrole nitrogens is 1. The van der Waals surface area contributed by atoms with Crippen LogP contribution in [0.1, 0.15) is 19.6 Å². The Hall–Kier alpha value is -1.29. The molecule has 1 saturated heterocycles. The fraction of sp³-hybridized carbons (Fsp3) is 0.636. The van der Waals surface area contributed by atoms with Crippen LogP contribution < -0.4 is 11.2 Å². The summed E-state index contributed by atoms with van der Waals surface area (Å²) in [6.07, 6.45) is -2.03. The number of aromatic amines is 1. The number of hydrogen-bond acceptors (Lipinski definition) is 6. The molecule has 0 saturated carbocycles. The molecule has 10 nitrogen and oxygen atoms in total. The highest BCUT2D eigenvalue weighted by molar-refractivity contribution is 7.46. The molecule has 0 radical (unpaired) electrons. The molecule has 2 unspecified atom stereocenters. The molecule has 0 spiro atoms. The van der Waals surface area contributed by atoms with E-state index in [0.29, 0.717) is 6.42 Å². The number of ether oxygens (including phenoxy) is 2. The van der Waals surface area contributed by atoms with Gasteiger partial charge in [0.15, 0.2) is 6.23 Å². The molecule has 1 aliphatic rings. The molecule has 2 heterocycles. The summed E-state index contributed by atoms with van der Waals surface area (Å²) in [5, 5.41) is 0. The topological polar surface area (TPSA) is 140 Å². The van der Waals surface area contributed by atoms with Gasteiger partial charge < -0.3 is 19.3 Å². The van der Waals surface area contributed by atoms with Gasteiger partial charge in [-0.25, -0.2) is 9.36 Å².